The van der Waals surface area contributed by atoms with Crippen LogP contribution >= 0.6 is 54.8 Å². The lowest BCUT2D eigenvalue weighted by molar-refractivity contribution is -0.155. The second-order valence-electron chi connectivity index (χ2n) is 6.78. The molecule has 0 saturated carbocycles. The van der Waals surface area contributed by atoms with Crippen LogP contribution in [0.3, 0.4) is 0 Å². The van der Waals surface area contributed by atoms with Gasteiger partial charge in [0.25, 0.3) is 11.4 Å². The zero-order valence-electron chi connectivity index (χ0n) is 16.1. The number of benzene rings is 1. The summed E-state index contributed by atoms with van der Waals surface area (Å²) < 4.78 is 11.2. The summed E-state index contributed by atoms with van der Waals surface area (Å²) in [7, 11) is 0. The maximum absolute atomic E-state index is 13.6. The number of carbonyl (C=O) groups is 1. The minimum Gasteiger partial charge on any atom is -0.622 e. The van der Waals surface area contributed by atoms with E-state index in [0.717, 1.165) is 27.5 Å². The summed E-state index contributed by atoms with van der Waals surface area (Å²) in [5.41, 5.74) is 0.997. The Morgan fingerprint density at radius 1 is 1.43 bits per heavy atom. The van der Waals surface area contributed by atoms with Gasteiger partial charge in [0.2, 0.25) is 0 Å². The molecule has 2 aromatic rings. The standard InChI is InChI=1S/C19H22Br2ClN3O4S/c20-7-6-14-4-1-2-5-15(14)28-12-18(26)29-17-11-24(9-3-8-22)13-25(17,27)19-23-10-16(21)30-19/h1-2,4-5,10,17H,3,6-9,11-13H2. The molecule has 11 heteroatoms. The summed E-state index contributed by atoms with van der Waals surface area (Å²) in [4.78, 5) is 18.7. The minimum atomic E-state index is -0.910. The Kier molecular flexibility index (Phi) is 8.94. The van der Waals surface area contributed by atoms with Crippen LogP contribution in [-0.4, -0.2) is 59.7 Å². The predicted octanol–water partition coefficient (Wildman–Crippen LogP) is 4.50. The molecule has 2 unspecified atom stereocenters. The molecule has 3 rings (SSSR count). The first-order valence-corrected chi connectivity index (χ1v) is 12.7. The molecule has 7 nitrogen and oxygen atoms in total. The molecule has 0 N–H and O–H groups in total. The molecule has 0 radical (unpaired) electrons. The largest absolute Gasteiger partial charge is 0.622 e. The lowest BCUT2D eigenvalue weighted by Crippen LogP contribution is -2.51. The summed E-state index contributed by atoms with van der Waals surface area (Å²) >= 11 is 13.8. The number of rotatable bonds is 10. The Hall–Kier alpha value is -0.750. The number of esters is 1. The molecule has 1 aliphatic rings. The van der Waals surface area contributed by atoms with Gasteiger partial charge in [0.05, 0.1) is 16.5 Å². The van der Waals surface area contributed by atoms with Gasteiger partial charge in [0, 0.05) is 17.8 Å². The molecule has 0 amide bonds. The Morgan fingerprint density at radius 3 is 2.93 bits per heavy atom. The van der Waals surface area contributed by atoms with Crippen LogP contribution in [0, 0.1) is 5.21 Å². The molecule has 30 heavy (non-hydrogen) atoms. The van der Waals surface area contributed by atoms with Crippen LogP contribution in [0.4, 0.5) is 5.13 Å². The average molecular weight is 584 g/mol. The second kappa shape index (κ2) is 11.2. The normalized spacial score (nSPS) is 21.7. The lowest BCUT2D eigenvalue weighted by atomic mass is 10.1. The number of hydrogen-bond acceptors (Lipinski definition) is 7. The third kappa shape index (κ3) is 5.93. The van der Waals surface area contributed by atoms with Gasteiger partial charge in [-0.05, 0) is 51.7 Å². The molecule has 2 atom stereocenters. The quantitative estimate of drug-likeness (QED) is 0.178. The van der Waals surface area contributed by atoms with E-state index in [4.69, 9.17) is 21.1 Å². The van der Waals surface area contributed by atoms with E-state index in [2.05, 4.69) is 36.8 Å². The predicted molar refractivity (Wildman–Crippen MR) is 126 cm³/mol. The van der Waals surface area contributed by atoms with Crippen LogP contribution in [0.2, 0.25) is 0 Å². The molecule has 0 spiro atoms. The fourth-order valence-corrected chi connectivity index (χ4v) is 5.04. The van der Waals surface area contributed by atoms with E-state index >= 15 is 0 Å². The number of hydrogen-bond donors (Lipinski definition) is 0. The first-order valence-electron chi connectivity index (χ1n) is 9.41. The fraction of sp³-hybridized carbons (Fsp3) is 0.474. The van der Waals surface area contributed by atoms with Gasteiger partial charge in [-0.1, -0.05) is 34.1 Å². The number of para-hydroxylation sites is 1. The number of hydroxylamine groups is 2. The van der Waals surface area contributed by atoms with Crippen LogP contribution < -0.4 is 9.38 Å². The van der Waals surface area contributed by atoms with E-state index in [1.54, 1.807) is 6.20 Å². The molecule has 2 heterocycles. The van der Waals surface area contributed by atoms with Gasteiger partial charge >= 0.3 is 5.97 Å². The molecule has 0 aliphatic carbocycles. The Balaban J connectivity index is 1.67. The molecule has 1 aliphatic heterocycles. The summed E-state index contributed by atoms with van der Waals surface area (Å²) in [6, 6.07) is 7.54. The van der Waals surface area contributed by atoms with Crippen LogP contribution in [0.15, 0.2) is 34.2 Å². The third-order valence-corrected chi connectivity index (χ3v) is 6.89. The molecular weight excluding hydrogens is 562 g/mol. The molecule has 1 fully saturated rings. The van der Waals surface area contributed by atoms with Gasteiger partial charge in [-0.25, -0.2) is 9.69 Å². The third-order valence-electron chi connectivity index (χ3n) is 4.64. The van der Waals surface area contributed by atoms with E-state index < -0.39 is 16.8 Å². The minimum absolute atomic E-state index is 0.156. The van der Waals surface area contributed by atoms with Crippen molar-refractivity contribution in [3.8, 4) is 5.75 Å². The summed E-state index contributed by atoms with van der Waals surface area (Å²) in [5, 5.41) is 14.8. The van der Waals surface area contributed by atoms with Crippen LogP contribution in [0.1, 0.15) is 12.0 Å². The smallest absolute Gasteiger partial charge is 0.348 e. The van der Waals surface area contributed by atoms with Crippen molar-refractivity contribution in [2.45, 2.75) is 19.1 Å². The van der Waals surface area contributed by atoms with Gasteiger partial charge in [0.15, 0.2) is 6.61 Å². The molecule has 164 valence electrons. The number of nitrogens with zero attached hydrogens (tertiary/aromatic N) is 3. The summed E-state index contributed by atoms with van der Waals surface area (Å²) in [6.45, 7) is 0.870. The highest BCUT2D eigenvalue weighted by Gasteiger charge is 2.45. The average Bonchev–Trinajstić information content (AvgIpc) is 3.30. The number of ether oxygens (including phenoxy) is 2. The number of aromatic nitrogens is 1. The van der Waals surface area contributed by atoms with Crippen molar-refractivity contribution in [2.24, 2.45) is 0 Å². The summed E-state index contributed by atoms with van der Waals surface area (Å²) in [6.07, 6.45) is 2.20. The second-order valence-corrected chi connectivity index (χ2v) is 10.3. The van der Waals surface area contributed by atoms with Crippen molar-refractivity contribution in [1.29, 1.82) is 0 Å². The van der Waals surface area contributed by atoms with E-state index in [-0.39, 0.29) is 13.3 Å². The number of quaternary nitrogens is 1. The van der Waals surface area contributed by atoms with Crippen molar-refractivity contribution in [1.82, 2.24) is 14.5 Å². The number of alkyl halides is 2. The van der Waals surface area contributed by atoms with Crippen molar-refractivity contribution in [2.75, 3.05) is 37.6 Å². The van der Waals surface area contributed by atoms with Gasteiger partial charge in [-0.3, -0.25) is 4.65 Å². The summed E-state index contributed by atoms with van der Waals surface area (Å²) in [5.74, 6) is 0.558. The van der Waals surface area contributed by atoms with Crippen LogP contribution in [-0.2, 0) is 16.0 Å². The van der Waals surface area contributed by atoms with Crippen molar-refractivity contribution >= 4 is 65.9 Å². The van der Waals surface area contributed by atoms with Gasteiger partial charge in [-0.15, -0.1) is 11.6 Å². The van der Waals surface area contributed by atoms with E-state index in [1.807, 2.05) is 29.2 Å². The van der Waals surface area contributed by atoms with E-state index in [9.17, 15) is 10.0 Å². The maximum atomic E-state index is 13.6. The molecular formula is C19H22Br2ClN3O4S. The number of carbonyl (C=O) groups excluding carboxylic acids is 1. The van der Waals surface area contributed by atoms with Crippen LogP contribution in [0.5, 0.6) is 5.75 Å². The SMILES string of the molecule is O=C(COc1ccccc1CCBr)OC1CN(CCCCl)C[N+]1([O-])c1ncc(Br)s1. The molecule has 1 aromatic carbocycles. The van der Waals surface area contributed by atoms with E-state index in [0.29, 0.717) is 29.9 Å². The highest BCUT2D eigenvalue weighted by atomic mass is 79.9. The topological polar surface area (TPSA) is 74.7 Å². The monoisotopic (exact) mass is 581 g/mol. The highest BCUT2D eigenvalue weighted by Crippen LogP contribution is 2.37. The highest BCUT2D eigenvalue weighted by molar-refractivity contribution is 9.11. The van der Waals surface area contributed by atoms with Gasteiger partial charge in [0.1, 0.15) is 12.4 Å². The zero-order chi connectivity index (χ0) is 21.6. The zero-order valence-corrected chi connectivity index (χ0v) is 20.9. The number of thiazole rings is 1. The number of aryl methyl sites for hydroxylation is 1. The van der Waals surface area contributed by atoms with Crippen molar-refractivity contribution in [3.63, 3.8) is 0 Å². The Labute approximate surface area is 201 Å². The molecule has 1 aromatic heterocycles. The lowest BCUT2D eigenvalue weighted by Gasteiger charge is -2.38. The first kappa shape index (κ1) is 23.9. The Morgan fingerprint density at radius 2 is 2.23 bits per heavy atom. The van der Waals surface area contributed by atoms with Crippen LogP contribution in [0.25, 0.3) is 0 Å². The molecule has 1 saturated heterocycles. The van der Waals surface area contributed by atoms with Gasteiger partial charge in [-0.2, -0.15) is 4.98 Å². The first-order chi connectivity index (χ1) is 14.5. The van der Waals surface area contributed by atoms with Crippen molar-refractivity contribution in [3.05, 3.63) is 45.0 Å². The van der Waals surface area contributed by atoms with E-state index in [1.165, 1.54) is 11.3 Å². The van der Waals surface area contributed by atoms with Gasteiger partial charge < -0.3 is 14.7 Å². The fourth-order valence-electron chi connectivity index (χ4n) is 3.25. The maximum Gasteiger partial charge on any atom is 0.348 e. The Bertz CT molecular complexity index is 859. The molecule has 0 bridgehead atoms. The van der Waals surface area contributed by atoms with Crippen molar-refractivity contribution < 1.29 is 14.3 Å². The number of halogens is 3.